The molecule has 3 N–H and O–H groups in total. The fourth-order valence-corrected chi connectivity index (χ4v) is 2.14. The average Bonchev–Trinajstić information content (AvgIpc) is 2.58. The van der Waals surface area contributed by atoms with Crippen molar-refractivity contribution in [2.45, 2.75) is 25.3 Å². The van der Waals surface area contributed by atoms with Crippen LogP contribution < -0.4 is 10.6 Å². The molecule has 0 aromatic heterocycles. The van der Waals surface area contributed by atoms with Gasteiger partial charge in [0.25, 0.3) is 0 Å². The molecular formula is C13H18N2O2. The lowest BCUT2D eigenvalue weighted by Gasteiger charge is -2.17. The average molecular weight is 234 g/mol. The summed E-state index contributed by atoms with van der Waals surface area (Å²) in [4.78, 5) is 10.9. The largest absolute Gasteiger partial charge is 0.478 e. The van der Waals surface area contributed by atoms with Crippen molar-refractivity contribution in [2.75, 3.05) is 18.4 Å². The lowest BCUT2D eigenvalue weighted by atomic mass is 10.1. The minimum Gasteiger partial charge on any atom is -0.478 e. The molecule has 92 valence electrons. The van der Waals surface area contributed by atoms with Crippen molar-refractivity contribution >= 4 is 11.7 Å². The van der Waals surface area contributed by atoms with Gasteiger partial charge in [0.2, 0.25) is 0 Å². The molecule has 0 bridgehead atoms. The van der Waals surface area contributed by atoms with Gasteiger partial charge in [-0.15, -0.1) is 0 Å². The summed E-state index contributed by atoms with van der Waals surface area (Å²) < 4.78 is 0. The van der Waals surface area contributed by atoms with Gasteiger partial charge in [-0.2, -0.15) is 0 Å². The zero-order chi connectivity index (χ0) is 12.1. The van der Waals surface area contributed by atoms with E-state index in [1.54, 1.807) is 18.2 Å². The summed E-state index contributed by atoms with van der Waals surface area (Å²) in [5.41, 5.74) is 1.23. The van der Waals surface area contributed by atoms with E-state index in [1.807, 2.05) is 6.07 Å². The normalized spacial score (nSPS) is 20.6. The van der Waals surface area contributed by atoms with Gasteiger partial charge in [-0.1, -0.05) is 6.07 Å². The molecule has 1 heterocycles. The Bertz CT molecular complexity index is 385. The molecule has 0 aliphatic carbocycles. The predicted molar refractivity (Wildman–Crippen MR) is 67.5 cm³/mol. The third kappa shape index (κ3) is 3.46. The van der Waals surface area contributed by atoms with E-state index >= 15 is 0 Å². The van der Waals surface area contributed by atoms with Gasteiger partial charge in [0.15, 0.2) is 0 Å². The standard InChI is InChI=1S/C13H18N2O2/c16-13(17)10-3-1-4-12(9-10)15-11-5-2-7-14-8-6-11/h1,3-4,9,11,14-15H,2,5-8H2,(H,16,17). The Morgan fingerprint density at radius 3 is 3.06 bits per heavy atom. The van der Waals surface area contributed by atoms with E-state index < -0.39 is 5.97 Å². The maximum Gasteiger partial charge on any atom is 0.335 e. The number of hydrogen-bond donors (Lipinski definition) is 3. The number of carbonyl (C=O) groups is 1. The first-order valence-corrected chi connectivity index (χ1v) is 6.06. The molecule has 0 spiro atoms. The monoisotopic (exact) mass is 234 g/mol. The Morgan fingerprint density at radius 2 is 2.24 bits per heavy atom. The van der Waals surface area contributed by atoms with Crippen LogP contribution in [0.25, 0.3) is 0 Å². The van der Waals surface area contributed by atoms with Crippen molar-refractivity contribution < 1.29 is 9.90 Å². The van der Waals surface area contributed by atoms with Crippen LogP contribution in [0.1, 0.15) is 29.6 Å². The van der Waals surface area contributed by atoms with Crippen molar-refractivity contribution in [3.8, 4) is 0 Å². The number of hydrogen-bond acceptors (Lipinski definition) is 3. The van der Waals surface area contributed by atoms with Gasteiger partial charge in [-0.25, -0.2) is 4.79 Å². The maximum absolute atomic E-state index is 10.9. The van der Waals surface area contributed by atoms with E-state index in [-0.39, 0.29) is 0 Å². The highest BCUT2D eigenvalue weighted by molar-refractivity contribution is 5.88. The van der Waals surface area contributed by atoms with Crippen molar-refractivity contribution in [3.63, 3.8) is 0 Å². The van der Waals surface area contributed by atoms with E-state index in [9.17, 15) is 4.79 Å². The van der Waals surface area contributed by atoms with Gasteiger partial charge in [0.05, 0.1) is 5.56 Å². The van der Waals surface area contributed by atoms with E-state index in [4.69, 9.17) is 5.11 Å². The first-order valence-electron chi connectivity index (χ1n) is 6.06. The fourth-order valence-electron chi connectivity index (χ4n) is 2.14. The molecule has 1 saturated heterocycles. The molecule has 1 aromatic carbocycles. The Balaban J connectivity index is 2.01. The zero-order valence-corrected chi connectivity index (χ0v) is 9.78. The first kappa shape index (κ1) is 11.9. The van der Waals surface area contributed by atoms with Crippen LogP contribution in [0, 0.1) is 0 Å². The number of rotatable bonds is 3. The molecule has 17 heavy (non-hydrogen) atoms. The van der Waals surface area contributed by atoms with Gasteiger partial charge >= 0.3 is 5.97 Å². The van der Waals surface area contributed by atoms with Gasteiger partial charge in [-0.05, 0) is 50.6 Å². The van der Waals surface area contributed by atoms with Crippen LogP contribution in [0.5, 0.6) is 0 Å². The summed E-state index contributed by atoms with van der Waals surface area (Å²) in [6.45, 7) is 2.10. The van der Waals surface area contributed by atoms with Crippen molar-refractivity contribution in [1.82, 2.24) is 5.32 Å². The highest BCUT2D eigenvalue weighted by atomic mass is 16.4. The van der Waals surface area contributed by atoms with Crippen LogP contribution in [0.15, 0.2) is 24.3 Å². The summed E-state index contributed by atoms with van der Waals surface area (Å²) in [5, 5.41) is 15.7. The molecule has 1 fully saturated rings. The van der Waals surface area contributed by atoms with E-state index in [0.717, 1.165) is 38.0 Å². The van der Waals surface area contributed by atoms with Crippen LogP contribution in [0.2, 0.25) is 0 Å². The topological polar surface area (TPSA) is 61.4 Å². The summed E-state index contributed by atoms with van der Waals surface area (Å²) >= 11 is 0. The third-order valence-corrected chi connectivity index (χ3v) is 3.06. The van der Waals surface area contributed by atoms with Crippen LogP contribution in [-0.2, 0) is 0 Å². The van der Waals surface area contributed by atoms with E-state index in [2.05, 4.69) is 10.6 Å². The number of nitrogens with one attached hydrogen (secondary N) is 2. The quantitative estimate of drug-likeness (QED) is 0.748. The molecule has 1 aliphatic heterocycles. The van der Waals surface area contributed by atoms with Crippen molar-refractivity contribution in [1.29, 1.82) is 0 Å². The van der Waals surface area contributed by atoms with E-state index in [0.29, 0.717) is 11.6 Å². The number of benzene rings is 1. The Kier molecular flexibility index (Phi) is 3.98. The number of anilines is 1. The van der Waals surface area contributed by atoms with Gasteiger partial charge in [0.1, 0.15) is 0 Å². The molecular weight excluding hydrogens is 216 g/mol. The first-order chi connectivity index (χ1) is 8.25. The Morgan fingerprint density at radius 1 is 1.35 bits per heavy atom. The lowest BCUT2D eigenvalue weighted by molar-refractivity contribution is 0.0697. The zero-order valence-electron chi connectivity index (χ0n) is 9.78. The Hall–Kier alpha value is -1.55. The van der Waals surface area contributed by atoms with Crippen LogP contribution in [-0.4, -0.2) is 30.2 Å². The highest BCUT2D eigenvalue weighted by Gasteiger charge is 2.12. The second-order valence-electron chi connectivity index (χ2n) is 4.41. The van der Waals surface area contributed by atoms with Crippen LogP contribution in [0.4, 0.5) is 5.69 Å². The smallest absolute Gasteiger partial charge is 0.335 e. The minimum absolute atomic E-state index is 0.335. The number of carboxylic acid groups (broad SMARTS) is 1. The molecule has 4 nitrogen and oxygen atoms in total. The van der Waals surface area contributed by atoms with E-state index in [1.165, 1.54) is 0 Å². The van der Waals surface area contributed by atoms with Crippen molar-refractivity contribution in [2.24, 2.45) is 0 Å². The molecule has 1 aliphatic rings. The summed E-state index contributed by atoms with van der Waals surface area (Å²) in [7, 11) is 0. The summed E-state index contributed by atoms with van der Waals surface area (Å²) in [5.74, 6) is -0.879. The molecule has 0 saturated carbocycles. The summed E-state index contributed by atoms with van der Waals surface area (Å²) in [6.07, 6.45) is 3.37. The Labute approximate surface area is 101 Å². The molecule has 1 unspecified atom stereocenters. The molecule has 1 aromatic rings. The second kappa shape index (κ2) is 5.68. The van der Waals surface area contributed by atoms with Gasteiger partial charge in [-0.3, -0.25) is 0 Å². The van der Waals surface area contributed by atoms with Crippen LogP contribution >= 0.6 is 0 Å². The molecule has 1 atom stereocenters. The van der Waals surface area contributed by atoms with Gasteiger partial charge in [0, 0.05) is 11.7 Å². The highest BCUT2D eigenvalue weighted by Crippen LogP contribution is 2.16. The molecule has 0 amide bonds. The molecule has 2 rings (SSSR count). The summed E-state index contributed by atoms with van der Waals surface area (Å²) in [6, 6.07) is 7.45. The SMILES string of the molecule is O=C(O)c1cccc(NC2CCCNCC2)c1. The third-order valence-electron chi connectivity index (χ3n) is 3.06. The predicted octanol–water partition coefficient (Wildman–Crippen LogP) is 1.94. The lowest BCUT2D eigenvalue weighted by Crippen LogP contribution is -2.21. The fraction of sp³-hybridized carbons (Fsp3) is 0.462. The second-order valence-corrected chi connectivity index (χ2v) is 4.41. The van der Waals surface area contributed by atoms with Gasteiger partial charge < -0.3 is 15.7 Å². The number of carboxylic acids is 1. The van der Waals surface area contributed by atoms with Crippen LogP contribution in [0.3, 0.4) is 0 Å². The maximum atomic E-state index is 10.9. The minimum atomic E-state index is -0.879. The molecule has 0 radical (unpaired) electrons. The molecule has 4 heteroatoms. The van der Waals surface area contributed by atoms with Crippen molar-refractivity contribution in [3.05, 3.63) is 29.8 Å². The number of aromatic carboxylic acids is 1.